The Morgan fingerprint density at radius 3 is 2.47 bits per heavy atom. The molecule has 2 aromatic rings. The van der Waals surface area contributed by atoms with Crippen LogP contribution in [-0.2, 0) is 11.2 Å². The van der Waals surface area contributed by atoms with Crippen LogP contribution in [0.2, 0.25) is 0 Å². The second-order valence-electron chi connectivity index (χ2n) is 4.78. The Morgan fingerprint density at radius 1 is 1.21 bits per heavy atom. The van der Waals surface area contributed by atoms with Crippen molar-refractivity contribution in [1.29, 1.82) is 0 Å². The van der Waals surface area contributed by atoms with Crippen LogP contribution in [0.5, 0.6) is 0 Å². The van der Waals surface area contributed by atoms with Gasteiger partial charge in [0, 0.05) is 12.4 Å². The van der Waals surface area contributed by atoms with E-state index in [1.165, 1.54) is 0 Å². The number of carbonyl (C=O) groups excluding carboxylic acids is 1. The molecule has 2 rings (SSSR count). The van der Waals surface area contributed by atoms with Crippen LogP contribution in [0.15, 0.2) is 21.3 Å². The Kier molecular flexibility index (Phi) is 3.42. The first kappa shape index (κ1) is 13.3. The van der Waals surface area contributed by atoms with Crippen LogP contribution in [-0.4, -0.2) is 13.0 Å². The molecule has 1 aromatic carbocycles. The van der Waals surface area contributed by atoms with E-state index in [-0.39, 0.29) is 12.3 Å². The zero-order chi connectivity index (χ0) is 14.2. The van der Waals surface area contributed by atoms with Crippen molar-refractivity contribution < 1.29 is 9.21 Å². The number of rotatable bonds is 2. The van der Waals surface area contributed by atoms with Crippen molar-refractivity contribution in [3.63, 3.8) is 0 Å². The SMILES string of the molecule is CNC(=O)Cc1c(C)c2cc(C)c(C)cc2oc1=O. The van der Waals surface area contributed by atoms with Gasteiger partial charge in [-0.2, -0.15) is 0 Å². The third-order valence-corrected chi connectivity index (χ3v) is 3.52. The van der Waals surface area contributed by atoms with Crippen LogP contribution in [0.4, 0.5) is 0 Å². The fourth-order valence-corrected chi connectivity index (χ4v) is 2.10. The van der Waals surface area contributed by atoms with Crippen molar-refractivity contribution in [3.05, 3.63) is 44.8 Å². The molecular weight excluding hydrogens is 242 g/mol. The van der Waals surface area contributed by atoms with Gasteiger partial charge in [0.05, 0.1) is 12.0 Å². The average Bonchev–Trinajstić information content (AvgIpc) is 2.37. The summed E-state index contributed by atoms with van der Waals surface area (Å²) in [6.07, 6.45) is 0.0491. The Labute approximate surface area is 111 Å². The molecule has 0 saturated carbocycles. The van der Waals surface area contributed by atoms with E-state index in [9.17, 15) is 9.59 Å². The van der Waals surface area contributed by atoms with Crippen molar-refractivity contribution in [2.75, 3.05) is 7.05 Å². The van der Waals surface area contributed by atoms with Gasteiger partial charge >= 0.3 is 5.63 Å². The van der Waals surface area contributed by atoms with Gasteiger partial charge in [0.15, 0.2) is 0 Å². The molecule has 1 heterocycles. The third kappa shape index (κ3) is 2.38. The molecule has 0 aliphatic carbocycles. The maximum Gasteiger partial charge on any atom is 0.340 e. The van der Waals surface area contributed by atoms with E-state index in [1.54, 1.807) is 7.05 Å². The standard InChI is InChI=1S/C15H17NO3/c1-8-5-11-10(3)12(7-14(17)16-4)15(18)19-13(11)6-9(8)2/h5-6H,7H2,1-4H3,(H,16,17). The second kappa shape index (κ2) is 4.88. The predicted octanol–water partition coefficient (Wildman–Crippen LogP) is 2.01. The minimum Gasteiger partial charge on any atom is -0.422 e. The molecule has 19 heavy (non-hydrogen) atoms. The number of carbonyl (C=O) groups is 1. The maximum atomic E-state index is 12.0. The lowest BCUT2D eigenvalue weighted by Crippen LogP contribution is -2.24. The van der Waals surface area contributed by atoms with Gasteiger partial charge in [0.1, 0.15) is 5.58 Å². The van der Waals surface area contributed by atoms with Gasteiger partial charge < -0.3 is 9.73 Å². The monoisotopic (exact) mass is 259 g/mol. The smallest absolute Gasteiger partial charge is 0.340 e. The number of likely N-dealkylation sites (N-methyl/N-ethyl adjacent to an activating group) is 1. The molecule has 0 atom stereocenters. The van der Waals surface area contributed by atoms with E-state index in [0.717, 1.165) is 22.1 Å². The molecule has 0 saturated heterocycles. The van der Waals surface area contributed by atoms with Crippen LogP contribution in [0.25, 0.3) is 11.0 Å². The van der Waals surface area contributed by atoms with Crippen LogP contribution in [0.3, 0.4) is 0 Å². The lowest BCUT2D eigenvalue weighted by atomic mass is 10.00. The quantitative estimate of drug-likeness (QED) is 0.839. The summed E-state index contributed by atoms with van der Waals surface area (Å²) in [5, 5.41) is 3.41. The summed E-state index contributed by atoms with van der Waals surface area (Å²) in [4.78, 5) is 23.4. The molecule has 0 fully saturated rings. The summed E-state index contributed by atoms with van der Waals surface area (Å²) in [6.45, 7) is 5.84. The number of amides is 1. The lowest BCUT2D eigenvalue weighted by Gasteiger charge is -2.09. The Bertz CT molecular complexity index is 713. The fourth-order valence-electron chi connectivity index (χ4n) is 2.10. The second-order valence-corrected chi connectivity index (χ2v) is 4.78. The summed E-state index contributed by atoms with van der Waals surface area (Å²) in [5.41, 5.74) is 3.60. The van der Waals surface area contributed by atoms with E-state index >= 15 is 0 Å². The van der Waals surface area contributed by atoms with E-state index < -0.39 is 5.63 Å². The Balaban J connectivity index is 2.71. The number of fused-ring (bicyclic) bond motifs is 1. The van der Waals surface area contributed by atoms with Gasteiger partial charge in [-0.3, -0.25) is 4.79 Å². The first-order valence-corrected chi connectivity index (χ1v) is 6.18. The van der Waals surface area contributed by atoms with Crippen molar-refractivity contribution in [2.45, 2.75) is 27.2 Å². The minimum absolute atomic E-state index is 0.0491. The van der Waals surface area contributed by atoms with Crippen molar-refractivity contribution >= 4 is 16.9 Å². The molecule has 100 valence electrons. The molecule has 0 spiro atoms. The number of aryl methyl sites for hydroxylation is 3. The minimum atomic E-state index is -0.433. The zero-order valence-corrected chi connectivity index (χ0v) is 11.6. The third-order valence-electron chi connectivity index (χ3n) is 3.52. The number of hydrogen-bond donors (Lipinski definition) is 1. The molecule has 1 aromatic heterocycles. The van der Waals surface area contributed by atoms with E-state index in [1.807, 2.05) is 32.9 Å². The van der Waals surface area contributed by atoms with E-state index in [0.29, 0.717) is 11.1 Å². The molecule has 1 N–H and O–H groups in total. The Morgan fingerprint density at radius 2 is 1.84 bits per heavy atom. The molecule has 0 aliphatic heterocycles. The zero-order valence-electron chi connectivity index (χ0n) is 11.6. The van der Waals surface area contributed by atoms with Gasteiger partial charge in [-0.05, 0) is 49.6 Å². The topological polar surface area (TPSA) is 59.3 Å². The maximum absolute atomic E-state index is 12.0. The van der Waals surface area contributed by atoms with Crippen molar-refractivity contribution in [1.82, 2.24) is 5.32 Å². The van der Waals surface area contributed by atoms with Crippen molar-refractivity contribution in [2.24, 2.45) is 0 Å². The molecule has 0 radical (unpaired) electrons. The van der Waals surface area contributed by atoms with Gasteiger partial charge in [0.25, 0.3) is 0 Å². The van der Waals surface area contributed by atoms with E-state index in [4.69, 9.17) is 4.42 Å². The normalized spacial score (nSPS) is 10.7. The van der Waals surface area contributed by atoms with Crippen LogP contribution in [0, 0.1) is 20.8 Å². The molecular formula is C15H17NO3. The first-order valence-electron chi connectivity index (χ1n) is 6.18. The number of benzene rings is 1. The largest absolute Gasteiger partial charge is 0.422 e. The summed E-state index contributed by atoms with van der Waals surface area (Å²) in [6, 6.07) is 3.86. The number of hydrogen-bond acceptors (Lipinski definition) is 3. The molecule has 0 unspecified atom stereocenters. The van der Waals surface area contributed by atoms with Gasteiger partial charge in [-0.25, -0.2) is 4.79 Å². The predicted molar refractivity (Wildman–Crippen MR) is 74.5 cm³/mol. The highest BCUT2D eigenvalue weighted by Gasteiger charge is 2.14. The van der Waals surface area contributed by atoms with Gasteiger partial charge in [0.2, 0.25) is 5.91 Å². The number of nitrogens with one attached hydrogen (secondary N) is 1. The Hall–Kier alpha value is -2.10. The summed E-state index contributed by atoms with van der Waals surface area (Å²) in [7, 11) is 1.55. The molecule has 0 bridgehead atoms. The highest BCUT2D eigenvalue weighted by molar-refractivity contribution is 5.85. The van der Waals surface area contributed by atoms with E-state index in [2.05, 4.69) is 5.32 Å². The molecule has 4 heteroatoms. The van der Waals surface area contributed by atoms with Crippen LogP contribution in [0.1, 0.15) is 22.3 Å². The summed E-state index contributed by atoms with van der Waals surface area (Å²) < 4.78 is 5.32. The molecule has 4 nitrogen and oxygen atoms in total. The van der Waals surface area contributed by atoms with Gasteiger partial charge in [-0.1, -0.05) is 0 Å². The van der Waals surface area contributed by atoms with Crippen molar-refractivity contribution in [3.8, 4) is 0 Å². The lowest BCUT2D eigenvalue weighted by molar-refractivity contribution is -0.120. The average molecular weight is 259 g/mol. The highest BCUT2D eigenvalue weighted by Crippen LogP contribution is 2.23. The summed E-state index contributed by atoms with van der Waals surface area (Å²) in [5.74, 6) is -0.196. The first-order chi connectivity index (χ1) is 8.93. The van der Waals surface area contributed by atoms with Crippen LogP contribution < -0.4 is 10.9 Å². The molecule has 0 aliphatic rings. The molecule has 1 amide bonds. The fraction of sp³-hybridized carbons (Fsp3) is 0.333. The van der Waals surface area contributed by atoms with Crippen LogP contribution >= 0.6 is 0 Å². The van der Waals surface area contributed by atoms with Gasteiger partial charge in [-0.15, -0.1) is 0 Å². The highest BCUT2D eigenvalue weighted by atomic mass is 16.4. The summed E-state index contributed by atoms with van der Waals surface area (Å²) >= 11 is 0.